The molecule has 1 aliphatic rings. The number of hydrogen-bond donors (Lipinski definition) is 0. The summed E-state index contributed by atoms with van der Waals surface area (Å²) in [4.78, 5) is 41.0. The molecule has 1 aliphatic carbocycles. The zero-order chi connectivity index (χ0) is 24.6. The molecule has 0 saturated heterocycles. The molecule has 0 saturated carbocycles. The van der Waals surface area contributed by atoms with E-state index in [1.165, 1.54) is 0 Å². The Morgan fingerprint density at radius 3 is 1.86 bits per heavy atom. The highest BCUT2D eigenvalue weighted by molar-refractivity contribution is 6.04. The topological polar surface area (TPSA) is 72.9 Å². The normalized spacial score (nSPS) is 16.8. The molecule has 0 aromatic heterocycles. The van der Waals surface area contributed by atoms with Crippen LogP contribution >= 0.6 is 0 Å². The number of para-hydroxylation sites is 2. The molecule has 0 radical (unpaired) electrons. The molecule has 4 rings (SSSR count). The maximum absolute atomic E-state index is 13.8. The van der Waals surface area contributed by atoms with Gasteiger partial charge >= 0.3 is 5.97 Å². The van der Waals surface area contributed by atoms with E-state index in [0.29, 0.717) is 24.2 Å². The van der Waals surface area contributed by atoms with Gasteiger partial charge in [0.15, 0.2) is 12.4 Å². The molecule has 3 aromatic carbocycles. The quantitative estimate of drug-likeness (QED) is 0.252. The largest absolute Gasteiger partial charge is 0.497 e. The van der Waals surface area contributed by atoms with E-state index in [1.807, 2.05) is 72.8 Å². The minimum atomic E-state index is -0.675. The van der Waals surface area contributed by atoms with Crippen molar-refractivity contribution in [2.75, 3.05) is 18.6 Å². The Hall–Kier alpha value is -4.19. The fourth-order valence-corrected chi connectivity index (χ4v) is 4.18. The molecule has 2 atom stereocenters. The standard InChI is InChI=1S/C29H27NO5/c1-34-24-18-16-21(17-19-24)27(31)20-35-29(33)26-15-9-8-14-25(26)28(32)30(22-10-4-2-5-11-22)23-12-6-3-7-13-23/h2-13,16-19,25-26H,14-15,20H2,1H3/t25-,26-/m0/s1. The van der Waals surface area contributed by atoms with Gasteiger partial charge in [-0.25, -0.2) is 0 Å². The van der Waals surface area contributed by atoms with Crippen molar-refractivity contribution in [3.63, 3.8) is 0 Å². The lowest BCUT2D eigenvalue weighted by atomic mass is 9.81. The lowest BCUT2D eigenvalue weighted by molar-refractivity contribution is -0.151. The van der Waals surface area contributed by atoms with Crippen LogP contribution in [0.5, 0.6) is 5.75 Å². The average molecular weight is 470 g/mol. The summed E-state index contributed by atoms with van der Waals surface area (Å²) in [5.41, 5.74) is 1.87. The Morgan fingerprint density at radius 1 is 0.771 bits per heavy atom. The molecule has 0 fully saturated rings. The van der Waals surface area contributed by atoms with Gasteiger partial charge in [-0.15, -0.1) is 0 Å². The van der Waals surface area contributed by atoms with Crippen molar-refractivity contribution in [2.24, 2.45) is 11.8 Å². The summed E-state index contributed by atoms with van der Waals surface area (Å²) in [5.74, 6) is -1.69. The molecular formula is C29H27NO5. The third-order valence-corrected chi connectivity index (χ3v) is 6.06. The van der Waals surface area contributed by atoms with Crippen molar-refractivity contribution in [3.05, 3.63) is 103 Å². The fraction of sp³-hybridized carbons (Fsp3) is 0.207. The molecule has 0 unspecified atom stereocenters. The van der Waals surface area contributed by atoms with Crippen molar-refractivity contribution in [1.82, 2.24) is 0 Å². The second kappa shape index (κ2) is 11.3. The first-order valence-corrected chi connectivity index (χ1v) is 11.5. The molecule has 6 nitrogen and oxygen atoms in total. The van der Waals surface area contributed by atoms with Crippen molar-refractivity contribution in [1.29, 1.82) is 0 Å². The molecule has 0 aliphatic heterocycles. The van der Waals surface area contributed by atoms with Crippen molar-refractivity contribution in [2.45, 2.75) is 12.8 Å². The van der Waals surface area contributed by atoms with E-state index in [2.05, 4.69) is 0 Å². The Labute approximate surface area is 204 Å². The van der Waals surface area contributed by atoms with Crippen LogP contribution in [0.2, 0.25) is 0 Å². The predicted molar refractivity (Wildman–Crippen MR) is 134 cm³/mol. The molecule has 0 heterocycles. The van der Waals surface area contributed by atoms with E-state index in [0.717, 1.165) is 11.4 Å². The van der Waals surface area contributed by atoms with Gasteiger partial charge in [-0.05, 0) is 61.4 Å². The molecule has 0 bridgehead atoms. The number of ether oxygens (including phenoxy) is 2. The number of anilines is 2. The molecule has 3 aromatic rings. The number of amides is 1. The number of methoxy groups -OCH3 is 1. The van der Waals surface area contributed by atoms with Gasteiger partial charge in [0.25, 0.3) is 0 Å². The first kappa shape index (κ1) is 24.0. The van der Waals surface area contributed by atoms with Crippen molar-refractivity contribution in [3.8, 4) is 5.75 Å². The first-order valence-electron chi connectivity index (χ1n) is 11.5. The molecule has 1 amide bonds. The Balaban J connectivity index is 1.50. The summed E-state index contributed by atoms with van der Waals surface area (Å²) < 4.78 is 10.5. The van der Waals surface area contributed by atoms with Crippen molar-refractivity contribution < 1.29 is 23.9 Å². The van der Waals surface area contributed by atoms with Crippen LogP contribution in [-0.4, -0.2) is 31.4 Å². The third kappa shape index (κ3) is 5.66. The van der Waals surface area contributed by atoms with Gasteiger partial charge in [-0.2, -0.15) is 0 Å². The maximum atomic E-state index is 13.8. The zero-order valence-corrected chi connectivity index (χ0v) is 19.5. The first-order chi connectivity index (χ1) is 17.1. The summed E-state index contributed by atoms with van der Waals surface area (Å²) in [6.07, 6.45) is 4.60. The lowest BCUT2D eigenvalue weighted by Crippen LogP contribution is -2.40. The van der Waals surface area contributed by atoms with Crippen LogP contribution in [0.3, 0.4) is 0 Å². The fourth-order valence-electron chi connectivity index (χ4n) is 4.18. The highest BCUT2D eigenvalue weighted by Crippen LogP contribution is 2.34. The molecular weight excluding hydrogens is 442 g/mol. The van der Waals surface area contributed by atoms with E-state index < -0.39 is 17.8 Å². The number of benzene rings is 3. The SMILES string of the molecule is COc1ccc(C(=O)COC(=O)[C@H]2CC=CC[C@@H]2C(=O)N(c2ccccc2)c2ccccc2)cc1. The zero-order valence-electron chi connectivity index (χ0n) is 19.5. The Morgan fingerprint density at radius 2 is 1.31 bits per heavy atom. The number of ketones is 1. The molecule has 6 heteroatoms. The highest BCUT2D eigenvalue weighted by atomic mass is 16.5. The van der Waals surface area contributed by atoms with Crippen LogP contribution in [0.25, 0.3) is 0 Å². The van der Waals surface area contributed by atoms with E-state index in [-0.39, 0.29) is 18.3 Å². The number of allylic oxidation sites excluding steroid dienone is 2. The smallest absolute Gasteiger partial charge is 0.310 e. The Bertz CT molecular complexity index is 1150. The monoisotopic (exact) mass is 469 g/mol. The number of hydrogen-bond acceptors (Lipinski definition) is 5. The number of carbonyl (C=O) groups is 3. The van der Waals surface area contributed by atoms with Gasteiger partial charge in [0.2, 0.25) is 5.91 Å². The number of carbonyl (C=O) groups excluding carboxylic acids is 3. The van der Waals surface area contributed by atoms with E-state index in [9.17, 15) is 14.4 Å². The third-order valence-electron chi connectivity index (χ3n) is 6.06. The van der Waals surface area contributed by atoms with Crippen LogP contribution in [0, 0.1) is 11.8 Å². The van der Waals surface area contributed by atoms with Gasteiger partial charge in [-0.3, -0.25) is 19.3 Å². The second-order valence-corrected chi connectivity index (χ2v) is 8.26. The minimum absolute atomic E-state index is 0.185. The van der Waals surface area contributed by atoms with E-state index in [4.69, 9.17) is 9.47 Å². The number of rotatable bonds is 8. The highest BCUT2D eigenvalue weighted by Gasteiger charge is 2.38. The average Bonchev–Trinajstić information content (AvgIpc) is 2.93. The predicted octanol–water partition coefficient (Wildman–Crippen LogP) is 5.37. The van der Waals surface area contributed by atoms with E-state index >= 15 is 0 Å². The summed E-state index contributed by atoms with van der Waals surface area (Å²) in [6.45, 7) is -0.382. The Kier molecular flexibility index (Phi) is 7.73. The van der Waals surface area contributed by atoms with Crippen LogP contribution in [0.4, 0.5) is 11.4 Å². The van der Waals surface area contributed by atoms with Gasteiger partial charge in [0, 0.05) is 16.9 Å². The second-order valence-electron chi connectivity index (χ2n) is 8.26. The van der Waals surface area contributed by atoms with Crippen LogP contribution < -0.4 is 9.64 Å². The number of nitrogens with zero attached hydrogens (tertiary/aromatic N) is 1. The maximum Gasteiger partial charge on any atom is 0.310 e. The lowest BCUT2D eigenvalue weighted by Gasteiger charge is -2.32. The summed E-state index contributed by atoms with van der Waals surface area (Å²) in [7, 11) is 1.55. The molecule has 178 valence electrons. The number of Topliss-reactive ketones (excluding diaryl/α,β-unsaturated/α-hetero) is 1. The summed E-state index contributed by atoms with van der Waals surface area (Å²) >= 11 is 0. The molecule has 35 heavy (non-hydrogen) atoms. The van der Waals surface area contributed by atoms with Crippen molar-refractivity contribution >= 4 is 29.0 Å². The summed E-state index contributed by atoms with van der Waals surface area (Å²) in [5, 5.41) is 0. The molecule has 0 N–H and O–H groups in total. The van der Waals surface area contributed by atoms with E-state index in [1.54, 1.807) is 36.3 Å². The van der Waals surface area contributed by atoms with Gasteiger partial charge in [0.1, 0.15) is 5.75 Å². The summed E-state index contributed by atoms with van der Waals surface area (Å²) in [6, 6.07) is 25.3. The van der Waals surface area contributed by atoms with Crippen LogP contribution in [0.15, 0.2) is 97.1 Å². The van der Waals surface area contributed by atoms with Gasteiger partial charge in [-0.1, -0.05) is 48.6 Å². The van der Waals surface area contributed by atoms with Gasteiger partial charge in [0.05, 0.1) is 18.9 Å². The van der Waals surface area contributed by atoms with Crippen LogP contribution in [0.1, 0.15) is 23.2 Å². The van der Waals surface area contributed by atoms with Crippen LogP contribution in [-0.2, 0) is 14.3 Å². The number of esters is 1. The van der Waals surface area contributed by atoms with Gasteiger partial charge < -0.3 is 9.47 Å². The minimum Gasteiger partial charge on any atom is -0.497 e. The molecule has 0 spiro atoms.